The molecule has 0 spiro atoms. The lowest BCUT2D eigenvalue weighted by molar-refractivity contribution is -0.133. The number of nitrogens with zero attached hydrogens (tertiary/aromatic N) is 1. The number of halogens is 1. The molecule has 0 radical (unpaired) electrons. The van der Waals surface area contributed by atoms with Crippen LogP contribution in [0.15, 0.2) is 53.4 Å². The van der Waals surface area contributed by atoms with E-state index >= 15 is 0 Å². The van der Waals surface area contributed by atoms with E-state index in [1.807, 2.05) is 0 Å². The first-order chi connectivity index (χ1) is 13.3. The van der Waals surface area contributed by atoms with Crippen LogP contribution in [-0.4, -0.2) is 44.9 Å². The molecule has 2 aromatic carbocycles. The summed E-state index contributed by atoms with van der Waals surface area (Å²) in [5.41, 5.74) is 0.424. The highest BCUT2D eigenvalue weighted by Gasteiger charge is 2.20. The summed E-state index contributed by atoms with van der Waals surface area (Å²) in [6.07, 6.45) is 1.91. The smallest absolute Gasteiger partial charge is 0.338 e. The Balaban J connectivity index is 1.58. The van der Waals surface area contributed by atoms with Gasteiger partial charge < -0.3 is 9.64 Å². The summed E-state index contributed by atoms with van der Waals surface area (Å²) in [6, 6.07) is 10.0. The van der Waals surface area contributed by atoms with E-state index in [0.29, 0.717) is 13.1 Å². The number of amides is 1. The Morgan fingerprint density at radius 1 is 1.00 bits per heavy atom. The lowest BCUT2D eigenvalue weighted by atomic mass is 10.2. The van der Waals surface area contributed by atoms with Gasteiger partial charge in [-0.1, -0.05) is 0 Å². The van der Waals surface area contributed by atoms with Crippen molar-refractivity contribution in [1.82, 2.24) is 4.90 Å². The molecule has 0 unspecified atom stereocenters. The number of anilines is 1. The molecular formula is C19H19FN2O5S. The van der Waals surface area contributed by atoms with E-state index < -0.39 is 21.8 Å². The van der Waals surface area contributed by atoms with Crippen molar-refractivity contribution in [2.75, 3.05) is 24.4 Å². The number of esters is 1. The van der Waals surface area contributed by atoms with Crippen LogP contribution in [0.1, 0.15) is 23.2 Å². The fraction of sp³-hybridized carbons (Fsp3) is 0.263. The first-order valence-corrected chi connectivity index (χ1v) is 10.2. The standard InChI is InChI=1S/C19H19FN2O5S/c20-15-5-9-17(10-6-15)28(25,26)21-16-7-3-14(4-8-16)19(24)27-13-18(23)22-11-1-2-12-22/h3-10,21H,1-2,11-13H2. The van der Waals surface area contributed by atoms with Gasteiger partial charge in [0, 0.05) is 18.8 Å². The topological polar surface area (TPSA) is 92.8 Å². The minimum Gasteiger partial charge on any atom is -0.452 e. The molecule has 1 fully saturated rings. The van der Waals surface area contributed by atoms with Crippen molar-refractivity contribution >= 4 is 27.6 Å². The first-order valence-electron chi connectivity index (χ1n) is 8.68. The predicted octanol–water partition coefficient (Wildman–Crippen LogP) is 2.41. The Labute approximate surface area is 162 Å². The van der Waals surface area contributed by atoms with E-state index in [1.165, 1.54) is 24.3 Å². The van der Waals surface area contributed by atoms with E-state index in [1.54, 1.807) is 4.90 Å². The van der Waals surface area contributed by atoms with Gasteiger partial charge in [-0.25, -0.2) is 17.6 Å². The number of carbonyl (C=O) groups is 2. The number of nitrogens with one attached hydrogen (secondary N) is 1. The Morgan fingerprint density at radius 2 is 1.61 bits per heavy atom. The van der Waals surface area contributed by atoms with Gasteiger partial charge in [0.15, 0.2) is 6.61 Å². The maximum Gasteiger partial charge on any atom is 0.338 e. The molecule has 1 amide bonds. The van der Waals surface area contributed by atoms with Crippen molar-refractivity contribution < 1.29 is 27.1 Å². The van der Waals surface area contributed by atoms with Gasteiger partial charge in [-0.05, 0) is 61.4 Å². The fourth-order valence-electron chi connectivity index (χ4n) is 2.77. The normalized spacial score (nSPS) is 14.0. The number of likely N-dealkylation sites (tertiary alicyclic amines) is 1. The Hall–Kier alpha value is -2.94. The van der Waals surface area contributed by atoms with Crippen LogP contribution in [0.4, 0.5) is 10.1 Å². The van der Waals surface area contributed by atoms with Crippen molar-refractivity contribution in [1.29, 1.82) is 0 Å². The van der Waals surface area contributed by atoms with Crippen LogP contribution >= 0.6 is 0 Å². The summed E-state index contributed by atoms with van der Waals surface area (Å²) >= 11 is 0. The third kappa shape index (κ3) is 4.86. The molecule has 0 bridgehead atoms. The summed E-state index contributed by atoms with van der Waals surface area (Å²) in [4.78, 5) is 25.5. The molecule has 0 atom stereocenters. The maximum absolute atomic E-state index is 12.9. The number of hydrogen-bond donors (Lipinski definition) is 1. The summed E-state index contributed by atoms with van der Waals surface area (Å²) in [5, 5.41) is 0. The molecule has 1 heterocycles. The van der Waals surface area contributed by atoms with Gasteiger partial charge in [-0.3, -0.25) is 9.52 Å². The predicted molar refractivity (Wildman–Crippen MR) is 99.7 cm³/mol. The van der Waals surface area contributed by atoms with Gasteiger partial charge >= 0.3 is 5.97 Å². The van der Waals surface area contributed by atoms with E-state index in [2.05, 4.69) is 4.72 Å². The van der Waals surface area contributed by atoms with Gasteiger partial charge in [0.05, 0.1) is 10.5 Å². The number of sulfonamides is 1. The highest BCUT2D eigenvalue weighted by atomic mass is 32.2. The molecule has 9 heteroatoms. The average Bonchev–Trinajstić information content (AvgIpc) is 3.21. The molecule has 0 aliphatic carbocycles. The van der Waals surface area contributed by atoms with Gasteiger partial charge in [-0.15, -0.1) is 0 Å². The van der Waals surface area contributed by atoms with Crippen LogP contribution in [0.2, 0.25) is 0 Å². The van der Waals surface area contributed by atoms with E-state index in [9.17, 15) is 22.4 Å². The largest absolute Gasteiger partial charge is 0.452 e. The van der Waals surface area contributed by atoms with Gasteiger partial charge in [0.1, 0.15) is 5.82 Å². The second kappa shape index (κ2) is 8.39. The zero-order valence-corrected chi connectivity index (χ0v) is 15.7. The molecule has 7 nitrogen and oxygen atoms in total. The van der Waals surface area contributed by atoms with Crippen molar-refractivity contribution in [3.63, 3.8) is 0 Å². The number of ether oxygens (including phenoxy) is 1. The van der Waals surface area contributed by atoms with Crippen LogP contribution in [0, 0.1) is 5.82 Å². The molecule has 1 aliphatic rings. The van der Waals surface area contributed by atoms with Crippen LogP contribution in [-0.2, 0) is 19.6 Å². The monoisotopic (exact) mass is 406 g/mol. The molecule has 0 aromatic heterocycles. The van der Waals surface area contributed by atoms with Crippen LogP contribution in [0.25, 0.3) is 0 Å². The van der Waals surface area contributed by atoms with Gasteiger partial charge in [0.25, 0.3) is 15.9 Å². The molecule has 28 heavy (non-hydrogen) atoms. The number of hydrogen-bond acceptors (Lipinski definition) is 5. The molecule has 1 N–H and O–H groups in total. The highest BCUT2D eigenvalue weighted by molar-refractivity contribution is 7.92. The second-order valence-electron chi connectivity index (χ2n) is 6.30. The van der Waals surface area contributed by atoms with Crippen LogP contribution < -0.4 is 4.72 Å². The Morgan fingerprint density at radius 3 is 2.21 bits per heavy atom. The van der Waals surface area contributed by atoms with Crippen LogP contribution in [0.3, 0.4) is 0 Å². The quantitative estimate of drug-likeness (QED) is 0.744. The third-order valence-electron chi connectivity index (χ3n) is 4.28. The highest BCUT2D eigenvalue weighted by Crippen LogP contribution is 2.17. The molecule has 3 rings (SSSR count). The molecular weight excluding hydrogens is 387 g/mol. The van der Waals surface area contributed by atoms with Gasteiger partial charge in [-0.2, -0.15) is 0 Å². The van der Waals surface area contributed by atoms with Crippen molar-refractivity contribution in [3.8, 4) is 0 Å². The molecule has 1 aliphatic heterocycles. The SMILES string of the molecule is O=C(OCC(=O)N1CCCC1)c1ccc(NS(=O)(=O)c2ccc(F)cc2)cc1. The third-order valence-corrected chi connectivity index (χ3v) is 5.68. The zero-order chi connectivity index (χ0) is 20.1. The number of rotatable bonds is 6. The summed E-state index contributed by atoms with van der Waals surface area (Å²) in [6.45, 7) is 1.04. The summed E-state index contributed by atoms with van der Waals surface area (Å²) in [5.74, 6) is -1.43. The van der Waals surface area contributed by atoms with Crippen LogP contribution in [0.5, 0.6) is 0 Å². The molecule has 2 aromatic rings. The lowest BCUT2D eigenvalue weighted by Crippen LogP contribution is -2.32. The van der Waals surface area contributed by atoms with Crippen molar-refractivity contribution in [3.05, 3.63) is 59.9 Å². The maximum atomic E-state index is 12.9. The Kier molecular flexibility index (Phi) is 5.93. The molecule has 1 saturated heterocycles. The average molecular weight is 406 g/mol. The summed E-state index contributed by atoms with van der Waals surface area (Å²) < 4.78 is 44.8. The van der Waals surface area contributed by atoms with Crippen molar-refractivity contribution in [2.24, 2.45) is 0 Å². The van der Waals surface area contributed by atoms with E-state index in [0.717, 1.165) is 37.1 Å². The van der Waals surface area contributed by atoms with Gasteiger partial charge in [0.2, 0.25) is 0 Å². The minimum atomic E-state index is -3.88. The minimum absolute atomic E-state index is 0.0854. The molecule has 148 valence electrons. The number of benzene rings is 2. The zero-order valence-electron chi connectivity index (χ0n) is 14.9. The Bertz CT molecular complexity index is 953. The number of carbonyl (C=O) groups excluding carboxylic acids is 2. The first kappa shape index (κ1) is 19.8. The van der Waals surface area contributed by atoms with E-state index in [4.69, 9.17) is 4.74 Å². The molecule has 0 saturated carbocycles. The summed E-state index contributed by atoms with van der Waals surface area (Å²) in [7, 11) is -3.88. The lowest BCUT2D eigenvalue weighted by Gasteiger charge is -2.15. The fourth-order valence-corrected chi connectivity index (χ4v) is 3.83. The second-order valence-corrected chi connectivity index (χ2v) is 7.98. The van der Waals surface area contributed by atoms with Crippen molar-refractivity contribution in [2.45, 2.75) is 17.7 Å². The van der Waals surface area contributed by atoms with E-state index in [-0.39, 0.29) is 28.7 Å².